The van der Waals surface area contributed by atoms with Crippen LogP contribution in [0.25, 0.3) is 27.7 Å². The van der Waals surface area contributed by atoms with E-state index < -0.39 is 0 Å². The first kappa shape index (κ1) is 26.0. The van der Waals surface area contributed by atoms with Crippen molar-refractivity contribution in [3.63, 3.8) is 0 Å². The van der Waals surface area contributed by atoms with E-state index in [9.17, 15) is 9.59 Å². The number of nitrogens with zero attached hydrogens (tertiary/aromatic N) is 6. The maximum absolute atomic E-state index is 11.6. The van der Waals surface area contributed by atoms with Gasteiger partial charge in [0.15, 0.2) is 0 Å². The van der Waals surface area contributed by atoms with Crippen molar-refractivity contribution in [1.29, 1.82) is 0 Å². The van der Waals surface area contributed by atoms with Crippen LogP contribution in [0.4, 0.5) is 0 Å². The number of pyridine rings is 1. The number of aromatic amines is 1. The van der Waals surface area contributed by atoms with Gasteiger partial charge >= 0.3 is 0 Å². The van der Waals surface area contributed by atoms with Crippen molar-refractivity contribution < 1.29 is 9.59 Å². The number of fused-ring (bicyclic) bond motifs is 2. The summed E-state index contributed by atoms with van der Waals surface area (Å²) in [5.74, 6) is 0.173. The van der Waals surface area contributed by atoms with E-state index in [0.29, 0.717) is 13.0 Å². The highest BCUT2D eigenvalue weighted by Crippen LogP contribution is 2.30. The van der Waals surface area contributed by atoms with E-state index in [4.69, 9.17) is 0 Å². The van der Waals surface area contributed by atoms with Gasteiger partial charge in [-0.1, -0.05) is 6.08 Å². The van der Waals surface area contributed by atoms with Crippen molar-refractivity contribution in [2.75, 3.05) is 40.3 Å². The Labute approximate surface area is 216 Å². The maximum Gasteiger partial charge on any atom is 0.246 e. The van der Waals surface area contributed by atoms with Gasteiger partial charge in [-0.25, -0.2) is 4.98 Å². The first-order valence-corrected chi connectivity index (χ1v) is 12.6. The van der Waals surface area contributed by atoms with Gasteiger partial charge in [-0.15, -0.1) is 0 Å². The molecule has 10 heteroatoms. The van der Waals surface area contributed by atoms with Gasteiger partial charge in [0.05, 0.1) is 11.7 Å². The predicted molar refractivity (Wildman–Crippen MR) is 144 cm³/mol. The van der Waals surface area contributed by atoms with E-state index in [1.165, 1.54) is 6.42 Å². The van der Waals surface area contributed by atoms with Gasteiger partial charge in [0.2, 0.25) is 12.3 Å². The van der Waals surface area contributed by atoms with Crippen LogP contribution in [-0.2, 0) is 16.0 Å². The molecular formula is C27H34N8O2. The molecule has 0 aromatic carbocycles. The molecule has 1 aliphatic rings. The summed E-state index contributed by atoms with van der Waals surface area (Å²) in [6, 6.07) is 7.94. The summed E-state index contributed by atoms with van der Waals surface area (Å²) in [6.07, 6.45) is 14.0. The fourth-order valence-corrected chi connectivity index (χ4v) is 4.34. The third kappa shape index (κ3) is 6.79. The number of likely N-dealkylation sites (tertiary alicyclic amines) is 1. The van der Waals surface area contributed by atoms with Gasteiger partial charge in [-0.2, -0.15) is 14.8 Å². The summed E-state index contributed by atoms with van der Waals surface area (Å²) >= 11 is 0. The van der Waals surface area contributed by atoms with Gasteiger partial charge < -0.3 is 20.1 Å². The Morgan fingerprint density at radius 1 is 1.14 bits per heavy atom. The van der Waals surface area contributed by atoms with Crippen molar-refractivity contribution in [1.82, 2.24) is 39.9 Å². The molecule has 1 aliphatic heterocycles. The van der Waals surface area contributed by atoms with Gasteiger partial charge in [0.25, 0.3) is 0 Å². The van der Waals surface area contributed by atoms with Gasteiger partial charge in [-0.3, -0.25) is 9.59 Å². The number of amides is 2. The highest BCUT2D eigenvalue weighted by Gasteiger charge is 2.14. The van der Waals surface area contributed by atoms with Crippen LogP contribution in [0.5, 0.6) is 0 Å². The molecule has 2 N–H and O–H groups in total. The third-order valence-electron chi connectivity index (χ3n) is 6.20. The van der Waals surface area contributed by atoms with Crippen LogP contribution in [0, 0.1) is 0 Å². The zero-order chi connectivity index (χ0) is 26.0. The number of piperidine rings is 1. The van der Waals surface area contributed by atoms with Crippen molar-refractivity contribution >= 4 is 28.9 Å². The van der Waals surface area contributed by atoms with Crippen LogP contribution in [0.3, 0.4) is 0 Å². The molecule has 1 fully saturated rings. The van der Waals surface area contributed by atoms with E-state index >= 15 is 0 Å². The Bertz CT molecular complexity index is 1350. The summed E-state index contributed by atoms with van der Waals surface area (Å²) in [4.78, 5) is 33.6. The largest absolute Gasteiger partial charge is 0.358 e. The van der Waals surface area contributed by atoms with Crippen molar-refractivity contribution in [3.05, 3.63) is 60.7 Å². The average Bonchev–Trinajstić information content (AvgIpc) is 3.53. The Hall–Kier alpha value is -4.05. The molecule has 4 aromatic heterocycles. The van der Waals surface area contributed by atoms with E-state index in [1.807, 2.05) is 54.4 Å². The predicted octanol–water partition coefficient (Wildman–Crippen LogP) is 2.68. The molecule has 0 saturated carbocycles. The standard InChI is InChI=1S/C16H14N6O.C11H20N2O/c23-10-17-6-3-11-8-13-12(4-7-18-16(13)21-11)14-9-20-22-15(14)2-1-5-19-22;1-12(2)8-6-7-11(14)13-9-4-3-5-10-13/h1-2,4-5,7-10H,3,6H2,(H,17,23)(H,18,21);6-7H,3-5,8-10H2,1-2H3/b;7-6+. The zero-order valence-electron chi connectivity index (χ0n) is 21.4. The molecule has 5 rings (SSSR count). The molecule has 4 aromatic rings. The van der Waals surface area contributed by atoms with Crippen molar-refractivity contribution in [2.45, 2.75) is 25.7 Å². The molecule has 0 aliphatic carbocycles. The number of aromatic nitrogens is 5. The van der Waals surface area contributed by atoms with Crippen LogP contribution in [0.2, 0.25) is 0 Å². The van der Waals surface area contributed by atoms with Crippen LogP contribution in [0.1, 0.15) is 25.0 Å². The second-order valence-electron chi connectivity index (χ2n) is 9.24. The third-order valence-corrected chi connectivity index (χ3v) is 6.20. The summed E-state index contributed by atoms with van der Waals surface area (Å²) in [6.45, 7) is 3.29. The number of hydrogen-bond donors (Lipinski definition) is 2. The van der Waals surface area contributed by atoms with Crippen LogP contribution >= 0.6 is 0 Å². The van der Waals surface area contributed by atoms with Crippen molar-refractivity contribution in [2.24, 2.45) is 0 Å². The first-order valence-electron chi connectivity index (χ1n) is 12.6. The smallest absolute Gasteiger partial charge is 0.246 e. The number of carbonyl (C=O) groups is 2. The molecule has 37 heavy (non-hydrogen) atoms. The minimum Gasteiger partial charge on any atom is -0.358 e. The van der Waals surface area contributed by atoms with Crippen molar-refractivity contribution in [3.8, 4) is 11.1 Å². The lowest BCUT2D eigenvalue weighted by molar-refractivity contribution is -0.126. The Balaban J connectivity index is 0.000000197. The molecule has 0 radical (unpaired) electrons. The topological polar surface area (TPSA) is 112 Å². The average molecular weight is 503 g/mol. The summed E-state index contributed by atoms with van der Waals surface area (Å²) in [7, 11) is 3.99. The fraction of sp³-hybridized carbons (Fsp3) is 0.370. The monoisotopic (exact) mass is 502 g/mol. The second-order valence-corrected chi connectivity index (χ2v) is 9.24. The quantitative estimate of drug-likeness (QED) is 0.218. The lowest BCUT2D eigenvalue weighted by Crippen LogP contribution is -2.34. The zero-order valence-corrected chi connectivity index (χ0v) is 21.4. The first-order chi connectivity index (χ1) is 18.1. The molecular weight excluding hydrogens is 468 g/mol. The lowest BCUT2D eigenvalue weighted by Gasteiger charge is -2.25. The van der Waals surface area contributed by atoms with E-state index in [0.717, 1.165) is 72.3 Å². The van der Waals surface area contributed by atoms with Gasteiger partial charge in [-0.05, 0) is 63.2 Å². The minimum atomic E-state index is 0.173. The molecule has 1 saturated heterocycles. The number of rotatable bonds is 8. The van der Waals surface area contributed by atoms with Crippen LogP contribution < -0.4 is 5.32 Å². The number of carbonyl (C=O) groups excluding carboxylic acids is 2. The Morgan fingerprint density at radius 3 is 2.76 bits per heavy atom. The molecule has 0 unspecified atom stereocenters. The highest BCUT2D eigenvalue weighted by atomic mass is 16.2. The summed E-state index contributed by atoms with van der Waals surface area (Å²) in [5.41, 5.74) is 4.88. The van der Waals surface area contributed by atoms with E-state index in [-0.39, 0.29) is 5.91 Å². The van der Waals surface area contributed by atoms with E-state index in [2.05, 4.69) is 31.5 Å². The lowest BCUT2D eigenvalue weighted by atomic mass is 10.1. The molecule has 194 valence electrons. The highest BCUT2D eigenvalue weighted by molar-refractivity contribution is 5.97. The summed E-state index contributed by atoms with van der Waals surface area (Å²) in [5, 5.41) is 12.2. The number of H-pyrrole nitrogens is 1. The summed E-state index contributed by atoms with van der Waals surface area (Å²) < 4.78 is 1.61. The Kier molecular flexibility index (Phi) is 8.98. The Morgan fingerprint density at radius 2 is 1.97 bits per heavy atom. The SMILES string of the molecule is CN(C)C/C=C/C(=O)N1CCCCC1.O=CNCCc1cc2c(-c3cnn4ncccc34)ccnc2[nH]1. The van der Waals surface area contributed by atoms with Gasteiger partial charge in [0.1, 0.15) is 5.65 Å². The molecule has 0 bridgehead atoms. The molecule has 2 amide bonds. The molecule has 0 spiro atoms. The molecule has 5 heterocycles. The second kappa shape index (κ2) is 12.8. The number of hydrogen-bond acceptors (Lipinski definition) is 6. The minimum absolute atomic E-state index is 0.173. The fourth-order valence-electron chi connectivity index (χ4n) is 4.34. The molecule has 0 atom stereocenters. The number of nitrogens with one attached hydrogen (secondary N) is 2. The maximum atomic E-state index is 11.6. The normalized spacial score (nSPS) is 13.8. The van der Waals surface area contributed by atoms with E-state index in [1.54, 1.807) is 23.1 Å². The van der Waals surface area contributed by atoms with Crippen LogP contribution in [0.15, 0.2) is 55.0 Å². The number of likely N-dealkylation sites (N-methyl/N-ethyl adjacent to an activating group) is 1. The van der Waals surface area contributed by atoms with Crippen LogP contribution in [-0.4, -0.2) is 87.2 Å². The molecule has 10 nitrogen and oxygen atoms in total. The van der Waals surface area contributed by atoms with Gasteiger partial charge in [0, 0.05) is 67.7 Å².